The first kappa shape index (κ1) is 13.6. The van der Waals surface area contributed by atoms with Crippen LogP contribution in [0.3, 0.4) is 0 Å². The molecule has 0 aliphatic heterocycles. The third kappa shape index (κ3) is 4.58. The average Bonchev–Trinajstić information content (AvgIpc) is 2.21. The number of alkyl halides is 2. The second-order valence-corrected chi connectivity index (χ2v) is 4.94. The summed E-state index contributed by atoms with van der Waals surface area (Å²) in [5.41, 5.74) is 1.14. The molecule has 1 nitrogen and oxygen atoms in total. The summed E-state index contributed by atoms with van der Waals surface area (Å²) in [6.07, 6.45) is -1.56. The second kappa shape index (κ2) is 6.30. The molecule has 2 atom stereocenters. The van der Waals surface area contributed by atoms with E-state index in [4.69, 9.17) is 0 Å². The molecule has 90 valence electrons. The molecule has 0 saturated carbocycles. The van der Waals surface area contributed by atoms with Gasteiger partial charge in [0, 0.05) is 10.5 Å². The van der Waals surface area contributed by atoms with Crippen LogP contribution in [-0.2, 0) is 6.42 Å². The van der Waals surface area contributed by atoms with Crippen molar-refractivity contribution in [1.29, 1.82) is 0 Å². The number of hydrogen-bond donors (Lipinski definition) is 1. The van der Waals surface area contributed by atoms with Gasteiger partial charge < -0.3 is 5.32 Å². The Kier molecular flexibility index (Phi) is 5.35. The normalized spacial score (nSPS) is 15.1. The zero-order valence-electron chi connectivity index (χ0n) is 9.38. The van der Waals surface area contributed by atoms with Crippen molar-refractivity contribution in [2.24, 2.45) is 0 Å². The molecule has 0 fully saturated rings. The highest BCUT2D eigenvalue weighted by Gasteiger charge is 2.16. The minimum Gasteiger partial charge on any atom is -0.306 e. The van der Waals surface area contributed by atoms with Gasteiger partial charge in [-0.25, -0.2) is 8.78 Å². The van der Waals surface area contributed by atoms with Gasteiger partial charge in [0.2, 0.25) is 0 Å². The second-order valence-electron chi connectivity index (χ2n) is 4.02. The largest absolute Gasteiger partial charge is 0.306 e. The van der Waals surface area contributed by atoms with E-state index < -0.39 is 12.5 Å². The Hall–Kier alpha value is -0.480. The van der Waals surface area contributed by atoms with Crippen LogP contribution < -0.4 is 5.32 Å². The fraction of sp³-hybridized carbons (Fsp3) is 0.500. The zero-order chi connectivity index (χ0) is 12.1. The van der Waals surface area contributed by atoms with E-state index in [-0.39, 0.29) is 6.04 Å². The van der Waals surface area contributed by atoms with E-state index >= 15 is 0 Å². The van der Waals surface area contributed by atoms with Gasteiger partial charge in [-0.3, -0.25) is 0 Å². The maximum atomic E-state index is 12.3. The molecule has 1 aromatic rings. The number of benzene rings is 1. The van der Waals surface area contributed by atoms with Crippen molar-refractivity contribution in [3.05, 3.63) is 34.3 Å². The highest BCUT2D eigenvalue weighted by molar-refractivity contribution is 9.10. The van der Waals surface area contributed by atoms with Crippen molar-refractivity contribution in [3.63, 3.8) is 0 Å². The molecule has 0 aliphatic carbocycles. The number of halogens is 3. The Morgan fingerprint density at radius 3 is 2.25 bits per heavy atom. The highest BCUT2D eigenvalue weighted by atomic mass is 79.9. The van der Waals surface area contributed by atoms with Crippen LogP contribution in [0.2, 0.25) is 0 Å². The summed E-state index contributed by atoms with van der Waals surface area (Å²) >= 11 is 3.36. The predicted octanol–water partition coefficient (Wildman–Crippen LogP) is 3.62. The zero-order valence-corrected chi connectivity index (χ0v) is 11.0. The minimum atomic E-state index is -2.31. The molecular formula is C12H16BrF2N. The fourth-order valence-corrected chi connectivity index (χ4v) is 1.82. The molecule has 0 heterocycles. The molecule has 1 rings (SSSR count). The average molecular weight is 292 g/mol. The molecule has 2 unspecified atom stereocenters. The van der Waals surface area contributed by atoms with Gasteiger partial charge in [-0.05, 0) is 38.0 Å². The SMILES string of the molecule is CC(Cc1ccc(Br)cc1)NC(C)C(F)F. The molecule has 0 radical (unpaired) electrons. The van der Waals surface area contributed by atoms with Gasteiger partial charge in [-0.1, -0.05) is 28.1 Å². The Bertz CT molecular complexity index is 313. The van der Waals surface area contributed by atoms with Crippen LogP contribution in [0.5, 0.6) is 0 Å². The summed E-state index contributed by atoms with van der Waals surface area (Å²) < 4.78 is 25.6. The van der Waals surface area contributed by atoms with Gasteiger partial charge in [0.25, 0.3) is 6.43 Å². The number of hydrogen-bond acceptors (Lipinski definition) is 1. The van der Waals surface area contributed by atoms with Crippen LogP contribution in [-0.4, -0.2) is 18.5 Å². The van der Waals surface area contributed by atoms with E-state index in [1.54, 1.807) is 0 Å². The summed E-state index contributed by atoms with van der Waals surface area (Å²) in [7, 11) is 0. The number of nitrogens with one attached hydrogen (secondary N) is 1. The molecule has 4 heteroatoms. The molecule has 0 bridgehead atoms. The van der Waals surface area contributed by atoms with Crippen LogP contribution in [0.25, 0.3) is 0 Å². The highest BCUT2D eigenvalue weighted by Crippen LogP contribution is 2.12. The first-order valence-corrected chi connectivity index (χ1v) is 6.07. The van der Waals surface area contributed by atoms with E-state index in [1.807, 2.05) is 31.2 Å². The minimum absolute atomic E-state index is 0.0465. The summed E-state index contributed by atoms with van der Waals surface area (Å²) in [4.78, 5) is 0. The maximum absolute atomic E-state index is 12.3. The molecule has 1 N–H and O–H groups in total. The van der Waals surface area contributed by atoms with E-state index in [0.717, 1.165) is 16.5 Å². The lowest BCUT2D eigenvalue weighted by atomic mass is 10.1. The van der Waals surface area contributed by atoms with Crippen LogP contribution in [0.1, 0.15) is 19.4 Å². The third-order valence-corrected chi connectivity index (χ3v) is 2.91. The van der Waals surface area contributed by atoms with Crippen molar-refractivity contribution in [2.75, 3.05) is 0 Å². The van der Waals surface area contributed by atoms with Crippen molar-refractivity contribution < 1.29 is 8.78 Å². The van der Waals surface area contributed by atoms with Crippen LogP contribution in [0.15, 0.2) is 28.7 Å². The van der Waals surface area contributed by atoms with Gasteiger partial charge in [-0.15, -0.1) is 0 Å². The van der Waals surface area contributed by atoms with Gasteiger partial charge in [0.1, 0.15) is 0 Å². The van der Waals surface area contributed by atoms with Crippen molar-refractivity contribution in [1.82, 2.24) is 5.32 Å². The summed E-state index contributed by atoms with van der Waals surface area (Å²) in [6, 6.07) is 7.19. The molecule has 16 heavy (non-hydrogen) atoms. The summed E-state index contributed by atoms with van der Waals surface area (Å²) in [6.45, 7) is 3.42. The lowest BCUT2D eigenvalue weighted by Crippen LogP contribution is -2.40. The smallest absolute Gasteiger partial charge is 0.253 e. The Balaban J connectivity index is 2.45. The predicted molar refractivity (Wildman–Crippen MR) is 65.9 cm³/mol. The van der Waals surface area contributed by atoms with Gasteiger partial charge in [0.15, 0.2) is 0 Å². The Morgan fingerprint density at radius 2 is 1.75 bits per heavy atom. The lowest BCUT2D eigenvalue weighted by molar-refractivity contribution is 0.101. The molecule has 0 aromatic heterocycles. The summed E-state index contributed by atoms with van der Waals surface area (Å²) in [5.74, 6) is 0. The monoisotopic (exact) mass is 291 g/mol. The van der Waals surface area contributed by atoms with Crippen molar-refractivity contribution in [2.45, 2.75) is 38.8 Å². The third-order valence-electron chi connectivity index (χ3n) is 2.38. The Labute approximate surface area is 103 Å². The van der Waals surface area contributed by atoms with Crippen molar-refractivity contribution in [3.8, 4) is 0 Å². The first-order chi connectivity index (χ1) is 7.49. The standard InChI is InChI=1S/C12H16BrF2N/c1-8(16-9(2)12(14)15)7-10-3-5-11(13)6-4-10/h3-6,8-9,12,16H,7H2,1-2H3. The Morgan fingerprint density at radius 1 is 1.19 bits per heavy atom. The van der Waals surface area contributed by atoms with Crippen LogP contribution in [0, 0.1) is 0 Å². The topological polar surface area (TPSA) is 12.0 Å². The summed E-state index contributed by atoms with van der Waals surface area (Å²) in [5, 5.41) is 2.88. The molecule has 0 aliphatic rings. The number of rotatable bonds is 5. The van der Waals surface area contributed by atoms with Gasteiger partial charge in [0.05, 0.1) is 6.04 Å². The quantitative estimate of drug-likeness (QED) is 0.874. The van der Waals surface area contributed by atoms with Crippen LogP contribution in [0.4, 0.5) is 8.78 Å². The maximum Gasteiger partial charge on any atom is 0.253 e. The van der Waals surface area contributed by atoms with E-state index in [1.165, 1.54) is 6.92 Å². The fourth-order valence-electron chi connectivity index (χ4n) is 1.55. The van der Waals surface area contributed by atoms with E-state index in [0.29, 0.717) is 0 Å². The van der Waals surface area contributed by atoms with E-state index in [9.17, 15) is 8.78 Å². The molecule has 0 saturated heterocycles. The molecule has 0 spiro atoms. The molecule has 1 aromatic carbocycles. The van der Waals surface area contributed by atoms with Crippen molar-refractivity contribution >= 4 is 15.9 Å². The van der Waals surface area contributed by atoms with Gasteiger partial charge in [-0.2, -0.15) is 0 Å². The van der Waals surface area contributed by atoms with Gasteiger partial charge >= 0.3 is 0 Å². The molecular weight excluding hydrogens is 276 g/mol. The first-order valence-electron chi connectivity index (χ1n) is 5.27. The lowest BCUT2D eigenvalue weighted by Gasteiger charge is -2.19. The van der Waals surface area contributed by atoms with E-state index in [2.05, 4.69) is 21.2 Å². The van der Waals surface area contributed by atoms with Crippen LogP contribution >= 0.6 is 15.9 Å². The molecule has 0 amide bonds.